The van der Waals surface area contributed by atoms with Gasteiger partial charge in [-0.2, -0.15) is 0 Å². The van der Waals surface area contributed by atoms with Crippen LogP contribution in [0, 0.1) is 0 Å². The van der Waals surface area contributed by atoms with E-state index >= 15 is 0 Å². The number of rotatable bonds is 1. The summed E-state index contributed by atoms with van der Waals surface area (Å²) in [7, 11) is 0. The second-order valence-corrected chi connectivity index (χ2v) is 9.80. The van der Waals surface area contributed by atoms with E-state index in [4.69, 9.17) is 14.7 Å². The molecule has 0 N–H and O–H groups in total. The third kappa shape index (κ3) is 2.87. The largest absolute Gasteiger partial charge is 0.485 e. The van der Waals surface area contributed by atoms with Crippen molar-refractivity contribution in [3.8, 4) is 17.0 Å². The summed E-state index contributed by atoms with van der Waals surface area (Å²) in [6.45, 7) is 6.81. The fraction of sp³-hybridized carbons (Fsp3) is 0.286. The molecular formula is C28H26N2O. The molecule has 3 heteroatoms. The van der Waals surface area contributed by atoms with Crippen LogP contribution in [0.4, 0.5) is 0 Å². The molecule has 2 atom stereocenters. The lowest BCUT2D eigenvalue weighted by Gasteiger charge is -2.26. The van der Waals surface area contributed by atoms with Gasteiger partial charge in [-0.3, -0.25) is 0 Å². The molecule has 154 valence electrons. The lowest BCUT2D eigenvalue weighted by molar-refractivity contribution is 0.199. The van der Waals surface area contributed by atoms with Crippen molar-refractivity contribution in [1.82, 2.24) is 9.97 Å². The van der Waals surface area contributed by atoms with E-state index in [1.165, 1.54) is 27.5 Å². The minimum absolute atomic E-state index is 0.0274. The minimum Gasteiger partial charge on any atom is -0.485 e. The van der Waals surface area contributed by atoms with E-state index in [1.807, 2.05) is 0 Å². The molecule has 0 spiro atoms. The smallest absolute Gasteiger partial charge is 0.168 e. The van der Waals surface area contributed by atoms with Gasteiger partial charge in [-0.05, 0) is 57.9 Å². The molecule has 1 aromatic heterocycles. The fourth-order valence-corrected chi connectivity index (χ4v) is 5.33. The molecule has 0 amide bonds. The molecule has 2 unspecified atom stereocenters. The van der Waals surface area contributed by atoms with Gasteiger partial charge in [-0.1, -0.05) is 69.3 Å². The van der Waals surface area contributed by atoms with Crippen molar-refractivity contribution in [3.05, 3.63) is 89.4 Å². The van der Waals surface area contributed by atoms with Crippen LogP contribution < -0.4 is 4.74 Å². The number of nitrogens with zero attached hydrogens (tertiary/aromatic N) is 2. The SMILES string of the molecule is CC(C)(C)c1cc(-c2ncnc3c2OC2CCc4ccccc4C32)cc2ccccc12. The van der Waals surface area contributed by atoms with Crippen LogP contribution in [0.3, 0.4) is 0 Å². The van der Waals surface area contributed by atoms with E-state index in [0.717, 1.165) is 35.5 Å². The van der Waals surface area contributed by atoms with E-state index in [9.17, 15) is 0 Å². The third-order valence-electron chi connectivity index (χ3n) is 6.80. The highest BCUT2D eigenvalue weighted by molar-refractivity contribution is 5.91. The predicted molar refractivity (Wildman–Crippen MR) is 125 cm³/mol. The van der Waals surface area contributed by atoms with Gasteiger partial charge in [0.25, 0.3) is 0 Å². The van der Waals surface area contributed by atoms with Crippen LogP contribution in [-0.2, 0) is 11.8 Å². The number of fused-ring (bicyclic) bond motifs is 6. The summed E-state index contributed by atoms with van der Waals surface area (Å²) in [6, 6.07) is 21.9. The second-order valence-electron chi connectivity index (χ2n) is 9.80. The molecule has 3 nitrogen and oxygen atoms in total. The highest BCUT2D eigenvalue weighted by atomic mass is 16.5. The normalized spacial score (nSPS) is 19.5. The molecule has 31 heavy (non-hydrogen) atoms. The summed E-state index contributed by atoms with van der Waals surface area (Å²) in [4.78, 5) is 9.45. The molecule has 0 saturated carbocycles. The highest BCUT2D eigenvalue weighted by Crippen LogP contribution is 2.49. The van der Waals surface area contributed by atoms with Crippen molar-refractivity contribution < 1.29 is 4.74 Å². The Bertz CT molecular complexity index is 1320. The number of benzene rings is 3. The first-order chi connectivity index (χ1) is 15.0. The first kappa shape index (κ1) is 18.6. The predicted octanol–water partition coefficient (Wildman–Crippen LogP) is 6.43. The summed E-state index contributed by atoms with van der Waals surface area (Å²) in [6.07, 6.45) is 3.92. The number of hydrogen-bond donors (Lipinski definition) is 0. The number of ether oxygens (including phenoxy) is 1. The summed E-state index contributed by atoms with van der Waals surface area (Å²) in [5.41, 5.74) is 7.18. The van der Waals surface area contributed by atoms with Gasteiger partial charge in [0.2, 0.25) is 0 Å². The van der Waals surface area contributed by atoms with Crippen molar-refractivity contribution in [2.24, 2.45) is 0 Å². The summed E-state index contributed by atoms with van der Waals surface area (Å²) >= 11 is 0. The lowest BCUT2D eigenvalue weighted by Crippen LogP contribution is -2.26. The van der Waals surface area contributed by atoms with Gasteiger partial charge in [-0.25, -0.2) is 9.97 Å². The first-order valence-electron chi connectivity index (χ1n) is 11.1. The van der Waals surface area contributed by atoms with Crippen LogP contribution in [0.5, 0.6) is 5.75 Å². The fourth-order valence-electron chi connectivity index (χ4n) is 5.33. The van der Waals surface area contributed by atoms with E-state index in [0.29, 0.717) is 0 Å². The Labute approximate surface area is 183 Å². The zero-order valence-corrected chi connectivity index (χ0v) is 18.2. The Hall–Kier alpha value is -3.20. The molecule has 0 radical (unpaired) electrons. The molecule has 1 aliphatic heterocycles. The average molecular weight is 407 g/mol. The Morgan fingerprint density at radius 3 is 2.61 bits per heavy atom. The van der Waals surface area contributed by atoms with E-state index < -0.39 is 0 Å². The van der Waals surface area contributed by atoms with E-state index in [-0.39, 0.29) is 17.4 Å². The molecule has 0 saturated heterocycles. The zero-order valence-electron chi connectivity index (χ0n) is 18.2. The summed E-state index contributed by atoms with van der Waals surface area (Å²) < 4.78 is 6.57. The van der Waals surface area contributed by atoms with E-state index in [1.54, 1.807) is 6.33 Å². The zero-order chi connectivity index (χ0) is 21.2. The molecule has 1 aliphatic carbocycles. The van der Waals surface area contributed by atoms with Crippen LogP contribution in [-0.4, -0.2) is 16.1 Å². The van der Waals surface area contributed by atoms with Gasteiger partial charge in [0.15, 0.2) is 5.75 Å². The van der Waals surface area contributed by atoms with Crippen LogP contribution in [0.2, 0.25) is 0 Å². The molecule has 3 aromatic carbocycles. The van der Waals surface area contributed by atoms with Gasteiger partial charge in [0.1, 0.15) is 18.1 Å². The maximum atomic E-state index is 6.57. The molecule has 4 aromatic rings. The molecule has 2 aliphatic rings. The third-order valence-corrected chi connectivity index (χ3v) is 6.80. The quantitative estimate of drug-likeness (QED) is 0.365. The monoisotopic (exact) mass is 406 g/mol. The molecule has 2 heterocycles. The maximum absolute atomic E-state index is 6.57. The Balaban J connectivity index is 1.55. The molecule has 6 rings (SSSR count). The van der Waals surface area contributed by atoms with Crippen LogP contribution in [0.1, 0.15) is 55.5 Å². The molecule has 0 bridgehead atoms. The van der Waals surface area contributed by atoms with Crippen molar-refractivity contribution in [2.75, 3.05) is 0 Å². The maximum Gasteiger partial charge on any atom is 0.168 e. The lowest BCUT2D eigenvalue weighted by atomic mass is 9.79. The van der Waals surface area contributed by atoms with Gasteiger partial charge in [0, 0.05) is 5.56 Å². The Morgan fingerprint density at radius 1 is 0.935 bits per heavy atom. The molecule has 0 fully saturated rings. The summed E-state index contributed by atoms with van der Waals surface area (Å²) in [5.74, 6) is 1.06. The van der Waals surface area contributed by atoms with Gasteiger partial charge in [0.05, 0.1) is 11.6 Å². The van der Waals surface area contributed by atoms with Crippen molar-refractivity contribution in [1.29, 1.82) is 0 Å². The van der Waals surface area contributed by atoms with Gasteiger partial charge < -0.3 is 4.74 Å². The highest BCUT2D eigenvalue weighted by Gasteiger charge is 2.42. The Kier molecular flexibility index (Phi) is 3.98. The first-order valence-corrected chi connectivity index (χ1v) is 11.1. The number of aromatic nitrogens is 2. The number of aryl methyl sites for hydroxylation is 1. The van der Waals surface area contributed by atoms with Crippen LogP contribution in [0.15, 0.2) is 67.0 Å². The second kappa shape index (κ2) is 6.65. The average Bonchev–Trinajstić information content (AvgIpc) is 3.17. The minimum atomic E-state index is 0.0274. The van der Waals surface area contributed by atoms with Crippen LogP contribution >= 0.6 is 0 Å². The Morgan fingerprint density at radius 2 is 1.74 bits per heavy atom. The van der Waals surface area contributed by atoms with Crippen LogP contribution in [0.25, 0.3) is 22.0 Å². The number of hydrogen-bond acceptors (Lipinski definition) is 3. The van der Waals surface area contributed by atoms with Gasteiger partial charge >= 0.3 is 0 Å². The van der Waals surface area contributed by atoms with Crippen molar-refractivity contribution in [3.63, 3.8) is 0 Å². The summed E-state index contributed by atoms with van der Waals surface area (Å²) in [5, 5.41) is 2.53. The molecular weight excluding hydrogens is 380 g/mol. The van der Waals surface area contributed by atoms with Gasteiger partial charge in [-0.15, -0.1) is 0 Å². The standard InChI is InChI=1S/C28H26N2O/c1-28(2,3)22-15-19(14-18-9-5-6-10-20(18)22)25-27-26(30-16-29-25)24-21-11-7-4-8-17(21)12-13-23(24)31-27/h4-11,14-16,23-24H,12-13H2,1-3H3. The van der Waals surface area contributed by atoms with Crippen molar-refractivity contribution in [2.45, 2.75) is 51.0 Å². The van der Waals surface area contributed by atoms with Crippen molar-refractivity contribution >= 4 is 10.8 Å². The topological polar surface area (TPSA) is 35.0 Å². The van der Waals surface area contributed by atoms with E-state index in [2.05, 4.69) is 81.4 Å².